The second-order valence-corrected chi connectivity index (χ2v) is 16.3. The first-order chi connectivity index (χ1) is 29.8. The second kappa shape index (κ2) is 14.1. The van der Waals surface area contributed by atoms with Crippen molar-refractivity contribution in [3.8, 4) is 22.3 Å². The smallest absolute Gasteiger partial charge is 0.0500 e. The van der Waals surface area contributed by atoms with Crippen molar-refractivity contribution in [2.24, 2.45) is 0 Å². The summed E-state index contributed by atoms with van der Waals surface area (Å²) >= 11 is 0. The van der Waals surface area contributed by atoms with E-state index in [1.165, 1.54) is 111 Å². The number of anilines is 6. The van der Waals surface area contributed by atoms with Gasteiger partial charge < -0.3 is 9.80 Å². The molecule has 2 heteroatoms. The van der Waals surface area contributed by atoms with Crippen molar-refractivity contribution in [1.29, 1.82) is 0 Å². The second-order valence-electron chi connectivity index (χ2n) is 16.3. The Kier molecular flexibility index (Phi) is 8.16. The molecule has 0 saturated heterocycles. The monoisotopic (exact) mass is 766 g/mol. The summed E-state index contributed by atoms with van der Waals surface area (Å²) in [5.74, 6) is 0. The lowest BCUT2D eigenvalue weighted by atomic mass is 9.87. The Morgan fingerprint density at radius 3 is 1.10 bits per heavy atom. The molecule has 0 atom stereocenters. The largest absolute Gasteiger partial charge is 0.310 e. The lowest BCUT2D eigenvalue weighted by Gasteiger charge is -2.28. The molecule has 0 N–H and O–H groups in total. The van der Waals surface area contributed by atoms with Crippen molar-refractivity contribution in [2.75, 3.05) is 9.80 Å². The number of hydrogen-bond acceptors (Lipinski definition) is 2. The zero-order valence-corrected chi connectivity index (χ0v) is 33.4. The fraction of sp³-hybridized carbons (Fsp3) is 0.0690. The highest BCUT2D eigenvalue weighted by Crippen LogP contribution is 2.48. The summed E-state index contributed by atoms with van der Waals surface area (Å²) in [7, 11) is 0. The van der Waals surface area contributed by atoms with E-state index in [-0.39, 0.29) is 0 Å². The molecule has 0 bridgehead atoms. The molecule has 10 aromatic rings. The number of nitrogens with zero attached hydrogens (tertiary/aromatic N) is 2. The highest BCUT2D eigenvalue weighted by Gasteiger charge is 2.25. The van der Waals surface area contributed by atoms with E-state index in [1.54, 1.807) is 0 Å². The maximum Gasteiger partial charge on any atom is 0.0500 e. The minimum atomic E-state index is 0.998. The van der Waals surface area contributed by atoms with Crippen LogP contribution in [0.4, 0.5) is 34.1 Å². The van der Waals surface area contributed by atoms with E-state index >= 15 is 0 Å². The van der Waals surface area contributed by atoms with Gasteiger partial charge in [0.05, 0.1) is 0 Å². The van der Waals surface area contributed by atoms with Crippen LogP contribution in [0.3, 0.4) is 0 Å². The third kappa shape index (κ3) is 5.63. The van der Waals surface area contributed by atoms with Crippen molar-refractivity contribution < 1.29 is 0 Å². The highest BCUT2D eigenvalue weighted by atomic mass is 15.2. The van der Waals surface area contributed by atoms with Crippen molar-refractivity contribution >= 4 is 66.4 Å². The Morgan fingerprint density at radius 1 is 0.283 bits per heavy atom. The fourth-order valence-electron chi connectivity index (χ4n) is 10.1. The molecule has 60 heavy (non-hydrogen) atoms. The Hall–Kier alpha value is -7.42. The van der Waals surface area contributed by atoms with Crippen molar-refractivity contribution in [1.82, 2.24) is 0 Å². The maximum atomic E-state index is 2.48. The summed E-state index contributed by atoms with van der Waals surface area (Å²) < 4.78 is 0. The Labute approximate surface area is 351 Å². The maximum absolute atomic E-state index is 2.48. The zero-order chi connectivity index (χ0) is 39.6. The third-order valence-electron chi connectivity index (χ3n) is 13.0. The summed E-state index contributed by atoms with van der Waals surface area (Å²) in [5.41, 5.74) is 17.8. The van der Waals surface area contributed by atoms with Crippen molar-refractivity contribution in [3.63, 3.8) is 0 Å². The molecule has 12 rings (SSSR count). The zero-order valence-electron chi connectivity index (χ0n) is 33.4. The van der Waals surface area contributed by atoms with Crippen molar-refractivity contribution in [3.05, 3.63) is 229 Å². The van der Waals surface area contributed by atoms with E-state index in [9.17, 15) is 0 Å². The minimum Gasteiger partial charge on any atom is -0.310 e. The van der Waals surface area contributed by atoms with Gasteiger partial charge in [-0.05, 0) is 163 Å². The first-order valence-corrected chi connectivity index (χ1v) is 21.3. The van der Waals surface area contributed by atoms with Crippen LogP contribution in [0.2, 0.25) is 0 Å². The van der Waals surface area contributed by atoms with E-state index < -0.39 is 0 Å². The van der Waals surface area contributed by atoms with Crippen molar-refractivity contribution in [2.45, 2.75) is 25.7 Å². The molecule has 284 valence electrons. The molecule has 2 aliphatic rings. The molecule has 0 fully saturated rings. The molecule has 0 aliphatic carbocycles. The molecule has 2 aliphatic heterocycles. The number of benzene rings is 10. The topological polar surface area (TPSA) is 6.48 Å². The molecule has 0 aromatic heterocycles. The normalized spacial score (nSPS) is 13.3. The lowest BCUT2D eigenvalue weighted by Crippen LogP contribution is -2.11. The number of para-hydroxylation sites is 4. The van der Waals surface area contributed by atoms with Crippen LogP contribution >= 0.6 is 0 Å². The third-order valence-corrected chi connectivity index (χ3v) is 13.0. The standard InChI is InChI=1S/C58H42N2/c1-3-17-46(18-4-1)59-54-25-13-7-15-39(54)27-29-41-31-33-43(37-56(41)59)52-35-45-36-53(49-22-10-12-24-51(49)58(45)50-23-11-9-21-48(50)52)44-34-32-42-30-28-40-16-8-14-26-55(40)60(57(42)38-44)47-19-5-2-6-20-47/h1-26,31-38H,27-30H2. The van der Waals surface area contributed by atoms with Crippen LogP contribution in [0, 0.1) is 0 Å². The summed E-state index contributed by atoms with van der Waals surface area (Å²) in [5, 5.41) is 7.65. The number of hydrogen-bond donors (Lipinski definition) is 0. The molecular weight excluding hydrogens is 725 g/mol. The molecule has 2 heterocycles. The van der Waals surface area contributed by atoms with Gasteiger partial charge in [0, 0.05) is 34.1 Å². The van der Waals surface area contributed by atoms with Gasteiger partial charge in [0.25, 0.3) is 0 Å². The molecular formula is C58H42N2. The predicted octanol–water partition coefficient (Wildman–Crippen LogP) is 15.6. The molecule has 10 aromatic carbocycles. The van der Waals surface area contributed by atoms with Gasteiger partial charge in [-0.3, -0.25) is 0 Å². The predicted molar refractivity (Wildman–Crippen MR) is 254 cm³/mol. The van der Waals surface area contributed by atoms with Crippen LogP contribution in [-0.4, -0.2) is 0 Å². The van der Waals surface area contributed by atoms with Gasteiger partial charge in [0.1, 0.15) is 0 Å². The van der Waals surface area contributed by atoms with Gasteiger partial charge in [-0.15, -0.1) is 0 Å². The van der Waals surface area contributed by atoms with Gasteiger partial charge in [-0.2, -0.15) is 0 Å². The molecule has 0 spiro atoms. The highest BCUT2D eigenvalue weighted by molar-refractivity contribution is 6.26. The quantitative estimate of drug-likeness (QED) is 0.165. The van der Waals surface area contributed by atoms with Crippen LogP contribution in [0.5, 0.6) is 0 Å². The van der Waals surface area contributed by atoms with E-state index in [0.717, 1.165) is 25.7 Å². The van der Waals surface area contributed by atoms with Gasteiger partial charge >= 0.3 is 0 Å². The Bertz CT molecular complexity index is 3060. The summed E-state index contributed by atoms with van der Waals surface area (Å²) in [6, 6.07) is 76.9. The summed E-state index contributed by atoms with van der Waals surface area (Å²) in [4.78, 5) is 4.96. The van der Waals surface area contributed by atoms with Crippen LogP contribution in [-0.2, 0) is 25.7 Å². The van der Waals surface area contributed by atoms with Gasteiger partial charge in [-0.1, -0.05) is 146 Å². The van der Waals surface area contributed by atoms with Crippen LogP contribution < -0.4 is 9.80 Å². The van der Waals surface area contributed by atoms with Gasteiger partial charge in [0.2, 0.25) is 0 Å². The molecule has 0 saturated carbocycles. The van der Waals surface area contributed by atoms with E-state index in [2.05, 4.69) is 216 Å². The SMILES string of the molecule is c1ccc(N2c3ccccc3CCc3ccc(-c4cc5cc(-c6ccc7c(c6)N(c6ccccc6)c6ccccc6CC7)c6ccccc6c5c5ccccc45)cc32)cc1. The Balaban J connectivity index is 1.08. The molecule has 0 amide bonds. The number of fused-ring (bicyclic) bond motifs is 9. The van der Waals surface area contributed by atoms with Crippen LogP contribution in [0.25, 0.3) is 54.6 Å². The number of aryl methyl sites for hydroxylation is 4. The molecule has 0 unspecified atom stereocenters. The fourth-order valence-corrected chi connectivity index (χ4v) is 10.1. The van der Waals surface area contributed by atoms with Gasteiger partial charge in [-0.25, -0.2) is 0 Å². The van der Waals surface area contributed by atoms with E-state index in [4.69, 9.17) is 0 Å². The average molecular weight is 767 g/mol. The molecule has 2 nitrogen and oxygen atoms in total. The first kappa shape index (κ1) is 34.6. The van der Waals surface area contributed by atoms with E-state index in [0.29, 0.717) is 0 Å². The summed E-state index contributed by atoms with van der Waals surface area (Å²) in [6.07, 6.45) is 4.02. The average Bonchev–Trinajstić information content (AvgIpc) is 3.59. The summed E-state index contributed by atoms with van der Waals surface area (Å²) in [6.45, 7) is 0. The Morgan fingerprint density at radius 2 is 0.650 bits per heavy atom. The minimum absolute atomic E-state index is 0.998. The van der Waals surface area contributed by atoms with E-state index in [1.807, 2.05) is 0 Å². The van der Waals surface area contributed by atoms with Gasteiger partial charge in [0.15, 0.2) is 0 Å². The number of rotatable bonds is 4. The first-order valence-electron chi connectivity index (χ1n) is 21.3. The lowest BCUT2D eigenvalue weighted by molar-refractivity contribution is 0.978. The molecule has 0 radical (unpaired) electrons. The van der Waals surface area contributed by atoms with Crippen LogP contribution in [0.15, 0.2) is 206 Å². The van der Waals surface area contributed by atoms with Crippen LogP contribution in [0.1, 0.15) is 22.3 Å².